The van der Waals surface area contributed by atoms with Crippen LogP contribution in [0.1, 0.15) is 92.2 Å². The minimum absolute atomic E-state index is 0.0831. The van der Waals surface area contributed by atoms with E-state index in [0.29, 0.717) is 6.42 Å². The predicted octanol–water partition coefficient (Wildman–Crippen LogP) is 5.94. The standard InChI is InChI=1S/C30H40O7/c1-17(31)35-23-9-12-28(5)20-8-11-29(6)22(15-25(33)37-26(29)19-10-13-34-16-19)30(20,7)24(36-18(2)32)14-21(28)27(23,3)4/h10,13,15-16,20-21,23-24,26H,8-9,11-12,14H2,1-7H3/t20-,21+,23+,24+,26-,28-,29-,30+/m0/s1. The van der Waals surface area contributed by atoms with Crippen molar-refractivity contribution in [3.8, 4) is 0 Å². The van der Waals surface area contributed by atoms with Crippen LogP contribution in [-0.4, -0.2) is 30.1 Å². The van der Waals surface area contributed by atoms with Crippen molar-refractivity contribution in [1.29, 1.82) is 0 Å². The highest BCUT2D eigenvalue weighted by Gasteiger charge is 2.70. The molecule has 8 atom stereocenters. The van der Waals surface area contributed by atoms with Gasteiger partial charge in [0, 0.05) is 41.7 Å². The molecule has 5 rings (SSSR count). The van der Waals surface area contributed by atoms with Crippen LogP contribution >= 0.6 is 0 Å². The number of esters is 3. The summed E-state index contributed by atoms with van der Waals surface area (Å²) in [4.78, 5) is 37.4. The lowest BCUT2D eigenvalue weighted by Crippen LogP contribution is -2.67. The van der Waals surface area contributed by atoms with Crippen molar-refractivity contribution in [2.75, 3.05) is 0 Å². The molecule has 0 saturated heterocycles. The van der Waals surface area contributed by atoms with E-state index >= 15 is 0 Å². The van der Waals surface area contributed by atoms with E-state index in [0.717, 1.165) is 36.8 Å². The molecule has 0 bridgehead atoms. The fourth-order valence-electron chi connectivity index (χ4n) is 9.24. The summed E-state index contributed by atoms with van der Waals surface area (Å²) in [5, 5.41) is 0. The fourth-order valence-corrected chi connectivity index (χ4v) is 9.24. The maximum Gasteiger partial charge on any atom is 0.331 e. The molecule has 7 nitrogen and oxygen atoms in total. The topological polar surface area (TPSA) is 92.0 Å². The van der Waals surface area contributed by atoms with Gasteiger partial charge in [-0.15, -0.1) is 0 Å². The van der Waals surface area contributed by atoms with Crippen LogP contribution in [-0.2, 0) is 28.6 Å². The van der Waals surface area contributed by atoms with E-state index in [1.54, 1.807) is 18.6 Å². The number of furan rings is 1. The van der Waals surface area contributed by atoms with Crippen molar-refractivity contribution in [3.05, 3.63) is 35.8 Å². The summed E-state index contributed by atoms with van der Waals surface area (Å²) in [5.74, 6) is -0.602. The molecule has 0 unspecified atom stereocenters. The molecule has 37 heavy (non-hydrogen) atoms. The molecule has 3 aliphatic carbocycles. The number of rotatable bonds is 3. The van der Waals surface area contributed by atoms with Crippen molar-refractivity contribution < 1.29 is 33.0 Å². The molecular weight excluding hydrogens is 472 g/mol. The second-order valence-electron chi connectivity index (χ2n) is 13.1. The molecule has 3 saturated carbocycles. The van der Waals surface area contributed by atoms with Gasteiger partial charge in [0.05, 0.1) is 12.5 Å². The summed E-state index contributed by atoms with van der Waals surface area (Å²) in [5.41, 5.74) is 0.489. The number of hydrogen-bond acceptors (Lipinski definition) is 7. The number of cyclic esters (lactones) is 1. The molecule has 1 aromatic rings. The predicted molar refractivity (Wildman–Crippen MR) is 135 cm³/mol. The zero-order chi connectivity index (χ0) is 27.0. The Kier molecular flexibility index (Phi) is 5.96. The normalized spacial score (nSPS) is 42.3. The molecule has 7 heteroatoms. The minimum atomic E-state index is -0.546. The number of hydrogen-bond donors (Lipinski definition) is 0. The van der Waals surface area contributed by atoms with Crippen molar-refractivity contribution in [2.45, 2.75) is 98.9 Å². The third kappa shape index (κ3) is 3.70. The van der Waals surface area contributed by atoms with Gasteiger partial charge >= 0.3 is 17.9 Å². The Bertz CT molecular complexity index is 1130. The lowest BCUT2D eigenvalue weighted by molar-refractivity contribution is -0.230. The van der Waals surface area contributed by atoms with E-state index in [2.05, 4.69) is 34.6 Å². The van der Waals surface area contributed by atoms with Gasteiger partial charge in [-0.05, 0) is 61.0 Å². The largest absolute Gasteiger partial charge is 0.472 e. The summed E-state index contributed by atoms with van der Waals surface area (Å²) in [6, 6.07) is 1.86. The van der Waals surface area contributed by atoms with E-state index in [4.69, 9.17) is 18.6 Å². The van der Waals surface area contributed by atoms with Crippen LogP contribution in [0.3, 0.4) is 0 Å². The average Bonchev–Trinajstić information content (AvgIpc) is 3.32. The highest BCUT2D eigenvalue weighted by Crippen LogP contribution is 2.73. The molecule has 0 amide bonds. The van der Waals surface area contributed by atoms with Crippen LogP contribution in [0.2, 0.25) is 0 Å². The molecule has 1 aromatic heterocycles. The highest BCUT2D eigenvalue weighted by molar-refractivity contribution is 5.85. The van der Waals surface area contributed by atoms with Crippen LogP contribution in [0.5, 0.6) is 0 Å². The molecule has 0 aromatic carbocycles. The minimum Gasteiger partial charge on any atom is -0.472 e. The first-order valence-electron chi connectivity index (χ1n) is 13.5. The molecule has 0 N–H and O–H groups in total. The third-order valence-corrected chi connectivity index (χ3v) is 10.8. The zero-order valence-electron chi connectivity index (χ0n) is 23.1. The summed E-state index contributed by atoms with van der Waals surface area (Å²) in [6.07, 6.45) is 7.98. The van der Waals surface area contributed by atoms with Gasteiger partial charge in [-0.25, -0.2) is 4.79 Å². The van der Waals surface area contributed by atoms with E-state index in [1.807, 2.05) is 6.07 Å². The Morgan fingerprint density at radius 3 is 2.24 bits per heavy atom. The number of carbonyl (C=O) groups excluding carboxylic acids is 3. The number of fused-ring (bicyclic) bond motifs is 5. The van der Waals surface area contributed by atoms with Crippen molar-refractivity contribution >= 4 is 17.9 Å². The lowest BCUT2D eigenvalue weighted by Gasteiger charge is -2.69. The molecule has 0 spiro atoms. The van der Waals surface area contributed by atoms with Crippen LogP contribution in [0.25, 0.3) is 0 Å². The van der Waals surface area contributed by atoms with Gasteiger partial charge in [-0.1, -0.05) is 34.6 Å². The summed E-state index contributed by atoms with van der Waals surface area (Å²) in [7, 11) is 0. The zero-order valence-corrected chi connectivity index (χ0v) is 23.1. The number of ether oxygens (including phenoxy) is 3. The lowest BCUT2D eigenvalue weighted by atomic mass is 9.36. The Labute approximate surface area is 219 Å². The van der Waals surface area contributed by atoms with Crippen molar-refractivity contribution in [1.82, 2.24) is 0 Å². The van der Waals surface area contributed by atoms with Gasteiger partial charge in [-0.3, -0.25) is 9.59 Å². The first kappa shape index (κ1) is 26.1. The second-order valence-corrected chi connectivity index (χ2v) is 13.1. The molecule has 4 aliphatic rings. The molecule has 0 radical (unpaired) electrons. The van der Waals surface area contributed by atoms with Gasteiger partial charge in [0.15, 0.2) is 0 Å². The van der Waals surface area contributed by atoms with E-state index in [-0.39, 0.29) is 46.7 Å². The summed E-state index contributed by atoms with van der Waals surface area (Å²) >= 11 is 0. The maximum absolute atomic E-state index is 13.0. The number of carbonyl (C=O) groups is 3. The van der Waals surface area contributed by atoms with Crippen LogP contribution in [0.15, 0.2) is 34.7 Å². The van der Waals surface area contributed by atoms with E-state index < -0.39 is 23.0 Å². The Hall–Kier alpha value is -2.57. The van der Waals surface area contributed by atoms with Crippen LogP contribution in [0.4, 0.5) is 0 Å². The van der Waals surface area contributed by atoms with Gasteiger partial charge in [-0.2, -0.15) is 0 Å². The molecule has 202 valence electrons. The van der Waals surface area contributed by atoms with Gasteiger partial charge in [0.1, 0.15) is 18.3 Å². The Morgan fingerprint density at radius 1 is 0.946 bits per heavy atom. The highest BCUT2D eigenvalue weighted by atomic mass is 16.6. The van der Waals surface area contributed by atoms with Crippen LogP contribution < -0.4 is 0 Å². The van der Waals surface area contributed by atoms with Crippen LogP contribution in [0, 0.1) is 33.5 Å². The SMILES string of the molecule is CC(=O)O[C@@H]1CC[C@]2(C)[C@H](C[C@@H](OC(C)=O)[C@@]3(C)C4=CC(=O)O[C@@H](c5ccoc5)[C@@]4(C)CC[C@@H]23)C1(C)C. The summed E-state index contributed by atoms with van der Waals surface area (Å²) < 4.78 is 23.3. The first-order valence-corrected chi connectivity index (χ1v) is 13.5. The smallest absolute Gasteiger partial charge is 0.331 e. The molecule has 2 heterocycles. The third-order valence-electron chi connectivity index (χ3n) is 10.8. The van der Waals surface area contributed by atoms with Gasteiger partial charge in [0.2, 0.25) is 0 Å². The maximum atomic E-state index is 13.0. The Balaban J connectivity index is 1.63. The second kappa shape index (κ2) is 8.47. The quantitative estimate of drug-likeness (QED) is 0.366. The fraction of sp³-hybridized carbons (Fsp3) is 0.700. The Morgan fingerprint density at radius 2 is 1.62 bits per heavy atom. The van der Waals surface area contributed by atoms with E-state index in [1.165, 1.54) is 13.8 Å². The molecule has 1 aliphatic heterocycles. The monoisotopic (exact) mass is 512 g/mol. The molecular formula is C30H40O7. The van der Waals surface area contributed by atoms with E-state index in [9.17, 15) is 14.4 Å². The molecule has 3 fully saturated rings. The van der Waals surface area contributed by atoms with Gasteiger partial charge in [0.25, 0.3) is 0 Å². The van der Waals surface area contributed by atoms with Crippen molar-refractivity contribution in [3.63, 3.8) is 0 Å². The van der Waals surface area contributed by atoms with Gasteiger partial charge < -0.3 is 18.6 Å². The first-order chi connectivity index (χ1) is 17.2. The summed E-state index contributed by atoms with van der Waals surface area (Å²) in [6.45, 7) is 14.0. The average molecular weight is 513 g/mol. The van der Waals surface area contributed by atoms with Crippen molar-refractivity contribution in [2.24, 2.45) is 33.5 Å².